The van der Waals surface area contributed by atoms with Crippen molar-refractivity contribution in [2.24, 2.45) is 0 Å². The summed E-state index contributed by atoms with van der Waals surface area (Å²) in [5.41, 5.74) is 0.403. The summed E-state index contributed by atoms with van der Waals surface area (Å²) in [6.07, 6.45) is 0.837. The van der Waals surface area contributed by atoms with Crippen molar-refractivity contribution in [1.82, 2.24) is 14.9 Å². The highest BCUT2D eigenvalue weighted by Gasteiger charge is 2.19. The van der Waals surface area contributed by atoms with E-state index in [0.717, 1.165) is 0 Å². The predicted molar refractivity (Wildman–Crippen MR) is 119 cm³/mol. The number of hydrogen-bond donors (Lipinski definition) is 1. The molecule has 0 aliphatic heterocycles. The van der Waals surface area contributed by atoms with Crippen LogP contribution in [0.25, 0.3) is 10.9 Å². The van der Waals surface area contributed by atoms with E-state index in [0.29, 0.717) is 52.0 Å². The van der Waals surface area contributed by atoms with E-state index in [4.69, 9.17) is 27.9 Å². The highest BCUT2D eigenvalue weighted by molar-refractivity contribution is 6.35. The van der Waals surface area contributed by atoms with Crippen LogP contribution in [0.5, 0.6) is 5.75 Å². The fraction of sp³-hybridized carbons (Fsp3) is 0.318. The third-order valence-electron chi connectivity index (χ3n) is 4.61. The highest BCUT2D eigenvalue weighted by Crippen LogP contribution is 2.27. The number of H-pyrrole nitrogens is 1. The van der Waals surface area contributed by atoms with E-state index in [1.165, 1.54) is 0 Å². The van der Waals surface area contributed by atoms with E-state index in [-0.39, 0.29) is 24.1 Å². The van der Waals surface area contributed by atoms with Crippen LogP contribution in [0.1, 0.15) is 32.5 Å². The molecular weight excluding hydrogens is 425 g/mol. The Morgan fingerprint density at radius 2 is 1.97 bits per heavy atom. The Balaban J connectivity index is 1.60. The van der Waals surface area contributed by atoms with Gasteiger partial charge in [-0.3, -0.25) is 9.59 Å². The number of rotatable bonds is 8. The summed E-state index contributed by atoms with van der Waals surface area (Å²) in [6, 6.07) is 12.1. The van der Waals surface area contributed by atoms with Gasteiger partial charge in [0.15, 0.2) is 0 Å². The van der Waals surface area contributed by atoms with Crippen molar-refractivity contribution in [1.29, 1.82) is 0 Å². The number of carbonyl (C=O) groups excluding carboxylic acids is 1. The van der Waals surface area contributed by atoms with Gasteiger partial charge in [-0.25, -0.2) is 4.98 Å². The average Bonchev–Trinajstić information content (AvgIpc) is 2.70. The third-order valence-corrected chi connectivity index (χ3v) is 5.14. The first kappa shape index (κ1) is 22.1. The fourth-order valence-electron chi connectivity index (χ4n) is 3.07. The molecular formula is C22H23Cl2N3O3. The number of aromatic amines is 1. The van der Waals surface area contributed by atoms with Crippen molar-refractivity contribution in [2.45, 2.75) is 39.3 Å². The topological polar surface area (TPSA) is 75.3 Å². The summed E-state index contributed by atoms with van der Waals surface area (Å²) in [5, 5.41) is 1.50. The van der Waals surface area contributed by atoms with E-state index in [1.807, 2.05) is 19.9 Å². The van der Waals surface area contributed by atoms with Crippen molar-refractivity contribution in [3.05, 3.63) is 68.7 Å². The molecule has 3 rings (SSSR count). The zero-order valence-electron chi connectivity index (χ0n) is 16.8. The molecule has 1 N–H and O–H groups in total. The molecule has 1 amide bonds. The van der Waals surface area contributed by atoms with Crippen LogP contribution in [0.3, 0.4) is 0 Å². The highest BCUT2D eigenvalue weighted by atomic mass is 35.5. The first-order valence-corrected chi connectivity index (χ1v) is 10.5. The van der Waals surface area contributed by atoms with Crippen molar-refractivity contribution < 1.29 is 9.53 Å². The van der Waals surface area contributed by atoms with Gasteiger partial charge in [-0.2, -0.15) is 0 Å². The van der Waals surface area contributed by atoms with Gasteiger partial charge in [-0.1, -0.05) is 35.3 Å². The number of halogens is 2. The Bertz CT molecular complexity index is 1100. The van der Waals surface area contributed by atoms with Crippen LogP contribution in [0.2, 0.25) is 10.0 Å². The summed E-state index contributed by atoms with van der Waals surface area (Å²) in [4.78, 5) is 34.0. The van der Waals surface area contributed by atoms with Crippen LogP contribution >= 0.6 is 23.2 Å². The Morgan fingerprint density at radius 3 is 2.70 bits per heavy atom. The second kappa shape index (κ2) is 9.96. The molecule has 1 aromatic heterocycles. The van der Waals surface area contributed by atoms with Crippen LogP contribution in [0, 0.1) is 0 Å². The molecule has 8 heteroatoms. The Labute approximate surface area is 184 Å². The number of aromatic nitrogens is 2. The van der Waals surface area contributed by atoms with Gasteiger partial charge in [0.2, 0.25) is 5.91 Å². The molecule has 6 nitrogen and oxygen atoms in total. The van der Waals surface area contributed by atoms with Gasteiger partial charge in [-0.05, 0) is 50.6 Å². The Morgan fingerprint density at radius 1 is 1.20 bits per heavy atom. The molecule has 0 atom stereocenters. The van der Waals surface area contributed by atoms with E-state index < -0.39 is 0 Å². The zero-order chi connectivity index (χ0) is 21.7. The number of nitrogens with zero attached hydrogens (tertiary/aromatic N) is 2. The zero-order valence-corrected chi connectivity index (χ0v) is 18.3. The molecule has 30 heavy (non-hydrogen) atoms. The second-order valence-electron chi connectivity index (χ2n) is 7.17. The maximum atomic E-state index is 12.8. The molecule has 3 aromatic rings. The fourth-order valence-corrected chi connectivity index (χ4v) is 3.53. The minimum Gasteiger partial charge on any atom is -0.492 e. The SMILES string of the molecule is CC(C)N(Cc1nc2ccccc2c(=O)[nH]1)C(=O)CCCOc1ccc(Cl)cc1Cl. The van der Waals surface area contributed by atoms with Crippen molar-refractivity contribution in [3.8, 4) is 5.75 Å². The number of hydrogen-bond acceptors (Lipinski definition) is 4. The lowest BCUT2D eigenvalue weighted by Gasteiger charge is -2.26. The van der Waals surface area contributed by atoms with E-state index in [2.05, 4.69) is 9.97 Å². The molecule has 0 fully saturated rings. The quantitative estimate of drug-likeness (QED) is 0.501. The number of nitrogens with one attached hydrogen (secondary N) is 1. The van der Waals surface area contributed by atoms with Gasteiger partial charge < -0.3 is 14.6 Å². The summed E-state index contributed by atoms with van der Waals surface area (Å²) in [7, 11) is 0. The lowest BCUT2D eigenvalue weighted by Crippen LogP contribution is -2.37. The van der Waals surface area contributed by atoms with Crippen molar-refractivity contribution in [2.75, 3.05) is 6.61 Å². The average molecular weight is 448 g/mol. The number of amides is 1. The Hall–Kier alpha value is -2.57. The van der Waals surface area contributed by atoms with E-state index in [9.17, 15) is 9.59 Å². The van der Waals surface area contributed by atoms with Gasteiger partial charge >= 0.3 is 0 Å². The van der Waals surface area contributed by atoms with Crippen LogP contribution in [0.4, 0.5) is 0 Å². The van der Waals surface area contributed by atoms with Gasteiger partial charge in [-0.15, -0.1) is 0 Å². The third kappa shape index (κ3) is 5.52. The molecule has 0 saturated carbocycles. The molecule has 158 valence electrons. The van der Waals surface area contributed by atoms with E-state index >= 15 is 0 Å². The summed E-state index contributed by atoms with van der Waals surface area (Å²) >= 11 is 12.0. The maximum Gasteiger partial charge on any atom is 0.258 e. The Kier molecular flexibility index (Phi) is 7.34. The molecule has 0 unspecified atom stereocenters. The lowest BCUT2D eigenvalue weighted by molar-refractivity contribution is -0.133. The van der Waals surface area contributed by atoms with Crippen LogP contribution in [-0.4, -0.2) is 33.4 Å². The van der Waals surface area contributed by atoms with Gasteiger partial charge in [0, 0.05) is 17.5 Å². The van der Waals surface area contributed by atoms with Gasteiger partial charge in [0.25, 0.3) is 5.56 Å². The number of benzene rings is 2. The van der Waals surface area contributed by atoms with Crippen molar-refractivity contribution >= 4 is 40.0 Å². The number of carbonyl (C=O) groups is 1. The van der Waals surface area contributed by atoms with Crippen molar-refractivity contribution in [3.63, 3.8) is 0 Å². The molecule has 0 aliphatic rings. The lowest BCUT2D eigenvalue weighted by atomic mass is 10.2. The number of para-hydroxylation sites is 1. The second-order valence-corrected chi connectivity index (χ2v) is 8.02. The molecule has 0 spiro atoms. The van der Waals surface area contributed by atoms with Gasteiger partial charge in [0.1, 0.15) is 11.6 Å². The standard InChI is InChI=1S/C22H23Cl2N3O3/c1-14(2)27(13-20-25-18-7-4-3-6-16(18)22(29)26-20)21(28)8-5-11-30-19-10-9-15(23)12-17(19)24/h3-4,6-7,9-10,12,14H,5,8,11,13H2,1-2H3,(H,25,26,29). The first-order valence-electron chi connectivity index (χ1n) is 9.70. The first-order chi connectivity index (χ1) is 14.3. The summed E-state index contributed by atoms with van der Waals surface area (Å²) in [6.45, 7) is 4.45. The van der Waals surface area contributed by atoms with Gasteiger partial charge in [0.05, 0.1) is 29.1 Å². The smallest absolute Gasteiger partial charge is 0.258 e. The number of fused-ring (bicyclic) bond motifs is 1. The van der Waals surface area contributed by atoms with E-state index in [1.54, 1.807) is 41.3 Å². The monoisotopic (exact) mass is 447 g/mol. The largest absolute Gasteiger partial charge is 0.492 e. The molecule has 0 aliphatic carbocycles. The normalized spacial score (nSPS) is 11.1. The molecule has 0 radical (unpaired) electrons. The minimum absolute atomic E-state index is 0.0355. The maximum absolute atomic E-state index is 12.8. The molecule has 1 heterocycles. The molecule has 0 bridgehead atoms. The molecule has 2 aromatic carbocycles. The van der Waals surface area contributed by atoms with Crippen LogP contribution in [-0.2, 0) is 11.3 Å². The predicted octanol–water partition coefficient (Wildman–Crippen LogP) is 4.83. The minimum atomic E-state index is -0.208. The molecule has 0 saturated heterocycles. The van der Waals surface area contributed by atoms with Crippen LogP contribution in [0.15, 0.2) is 47.3 Å². The van der Waals surface area contributed by atoms with Crippen LogP contribution < -0.4 is 10.3 Å². The summed E-state index contributed by atoms with van der Waals surface area (Å²) in [5.74, 6) is 0.962. The number of ether oxygens (including phenoxy) is 1. The summed E-state index contributed by atoms with van der Waals surface area (Å²) < 4.78 is 5.64.